The fourth-order valence-electron chi connectivity index (χ4n) is 0.978. The molecule has 0 aromatic heterocycles. The molecule has 0 N–H and O–H groups in total. The maximum atomic E-state index is 6.75. The third-order valence-electron chi connectivity index (χ3n) is 1.79. The number of hydrogen-bond acceptors (Lipinski definition) is 1. The van der Waals surface area contributed by atoms with E-state index in [1.165, 1.54) is 12.8 Å². The average molecular weight is 159 g/mol. The van der Waals surface area contributed by atoms with Crippen LogP contribution in [0.4, 0.5) is 5.69 Å². The Balaban J connectivity index is 2.08. The zero-order chi connectivity index (χ0) is 8.39. The molecule has 1 aliphatic rings. The average Bonchev–Trinajstić information content (AvgIpc) is 2.90. The van der Waals surface area contributed by atoms with Crippen molar-refractivity contribution in [2.75, 3.05) is 0 Å². The smallest absolute Gasteiger partial charge is 0.187 e. The van der Waals surface area contributed by atoms with E-state index < -0.39 is 0 Å². The Morgan fingerprint density at radius 2 is 1.92 bits per heavy atom. The number of nitrogens with zero attached hydrogens (tertiary/aromatic N) is 1. The van der Waals surface area contributed by atoms with Crippen LogP contribution in [-0.2, 0) is 0 Å². The van der Waals surface area contributed by atoms with E-state index in [9.17, 15) is 0 Å². The topological polar surface area (TPSA) is 13.6 Å². The van der Waals surface area contributed by atoms with Gasteiger partial charge in [-0.05, 0) is 25.0 Å². The molecule has 2 heteroatoms. The molecule has 1 aromatic carbocycles. The van der Waals surface area contributed by atoms with Gasteiger partial charge in [-0.25, -0.2) is 4.85 Å². The lowest BCUT2D eigenvalue weighted by Crippen LogP contribution is -1.94. The first kappa shape index (κ1) is 7.17. The van der Waals surface area contributed by atoms with E-state index in [4.69, 9.17) is 11.3 Å². The molecule has 0 spiro atoms. The highest BCUT2D eigenvalue weighted by atomic mass is 16.5. The molecule has 0 radical (unpaired) electrons. The largest absolute Gasteiger partial charge is 0.491 e. The molecule has 0 heterocycles. The van der Waals surface area contributed by atoms with Crippen LogP contribution in [0.2, 0.25) is 0 Å². The first-order chi connectivity index (χ1) is 5.88. The minimum absolute atomic E-state index is 0.434. The Labute approximate surface area is 71.6 Å². The zero-order valence-electron chi connectivity index (χ0n) is 6.66. The lowest BCUT2D eigenvalue weighted by molar-refractivity contribution is 0.303. The van der Waals surface area contributed by atoms with Crippen LogP contribution in [-0.4, -0.2) is 6.10 Å². The highest BCUT2D eigenvalue weighted by Gasteiger charge is 2.23. The van der Waals surface area contributed by atoms with Crippen molar-refractivity contribution in [3.8, 4) is 5.75 Å². The molecule has 1 aliphatic carbocycles. The van der Waals surface area contributed by atoms with Crippen LogP contribution in [0, 0.1) is 6.57 Å². The van der Waals surface area contributed by atoms with Gasteiger partial charge in [0.1, 0.15) is 5.75 Å². The molecule has 1 aromatic rings. The number of ether oxygens (including phenoxy) is 1. The summed E-state index contributed by atoms with van der Waals surface area (Å²) in [4.78, 5) is 3.30. The minimum Gasteiger partial charge on any atom is -0.491 e. The fraction of sp³-hybridized carbons (Fsp3) is 0.300. The van der Waals surface area contributed by atoms with Gasteiger partial charge in [-0.2, -0.15) is 0 Å². The van der Waals surface area contributed by atoms with E-state index in [0.717, 1.165) is 5.75 Å². The second-order valence-electron chi connectivity index (χ2n) is 2.92. The first-order valence-electron chi connectivity index (χ1n) is 4.02. The van der Waals surface area contributed by atoms with Gasteiger partial charge in [0.25, 0.3) is 0 Å². The van der Waals surface area contributed by atoms with E-state index in [1.807, 2.05) is 12.1 Å². The van der Waals surface area contributed by atoms with Gasteiger partial charge < -0.3 is 4.74 Å². The second-order valence-corrected chi connectivity index (χ2v) is 2.92. The van der Waals surface area contributed by atoms with Crippen molar-refractivity contribution in [2.45, 2.75) is 18.9 Å². The molecule has 1 saturated carbocycles. The molecule has 60 valence electrons. The summed E-state index contributed by atoms with van der Waals surface area (Å²) in [7, 11) is 0. The van der Waals surface area contributed by atoms with Crippen molar-refractivity contribution in [3.05, 3.63) is 35.7 Å². The van der Waals surface area contributed by atoms with Gasteiger partial charge in [0.05, 0.1) is 12.7 Å². The van der Waals surface area contributed by atoms with Crippen LogP contribution in [0.5, 0.6) is 5.75 Å². The third kappa shape index (κ3) is 1.57. The molecular weight excluding hydrogens is 150 g/mol. The Morgan fingerprint density at radius 1 is 1.25 bits per heavy atom. The van der Waals surface area contributed by atoms with Crippen LogP contribution < -0.4 is 4.74 Å². The van der Waals surface area contributed by atoms with Crippen LogP contribution in [0.25, 0.3) is 4.85 Å². The summed E-state index contributed by atoms with van der Waals surface area (Å²) in [5.74, 6) is 0.880. The van der Waals surface area contributed by atoms with Gasteiger partial charge >= 0.3 is 0 Å². The van der Waals surface area contributed by atoms with Gasteiger partial charge in [0, 0.05) is 0 Å². The zero-order valence-corrected chi connectivity index (χ0v) is 6.66. The van der Waals surface area contributed by atoms with E-state index in [2.05, 4.69) is 4.85 Å². The number of benzene rings is 1. The summed E-state index contributed by atoms with van der Waals surface area (Å²) < 4.78 is 5.52. The molecule has 0 saturated heterocycles. The van der Waals surface area contributed by atoms with E-state index in [1.54, 1.807) is 12.1 Å². The molecule has 2 nitrogen and oxygen atoms in total. The Bertz CT molecular complexity index is 306. The van der Waals surface area contributed by atoms with Gasteiger partial charge in [0.15, 0.2) is 5.69 Å². The van der Waals surface area contributed by atoms with Crippen molar-refractivity contribution in [3.63, 3.8) is 0 Å². The van der Waals surface area contributed by atoms with Crippen molar-refractivity contribution >= 4 is 5.69 Å². The summed E-state index contributed by atoms with van der Waals surface area (Å²) in [5, 5.41) is 0. The molecular formula is C10H9NO. The van der Waals surface area contributed by atoms with Crippen molar-refractivity contribution < 1.29 is 4.74 Å². The van der Waals surface area contributed by atoms with E-state index in [0.29, 0.717) is 11.8 Å². The summed E-state index contributed by atoms with van der Waals surface area (Å²) in [5.41, 5.74) is 0.665. The highest BCUT2D eigenvalue weighted by molar-refractivity contribution is 5.47. The Kier molecular flexibility index (Phi) is 1.71. The van der Waals surface area contributed by atoms with Crippen molar-refractivity contribution in [1.29, 1.82) is 0 Å². The number of hydrogen-bond donors (Lipinski definition) is 0. The summed E-state index contributed by atoms with van der Waals surface area (Å²) in [6, 6.07) is 7.27. The maximum absolute atomic E-state index is 6.75. The Hall–Kier alpha value is -1.49. The van der Waals surface area contributed by atoms with Crippen LogP contribution in [0.15, 0.2) is 24.3 Å². The molecule has 1 fully saturated rings. The van der Waals surface area contributed by atoms with Gasteiger partial charge in [-0.3, -0.25) is 0 Å². The molecule has 0 unspecified atom stereocenters. The fourth-order valence-corrected chi connectivity index (χ4v) is 0.978. The SMILES string of the molecule is [C-]#[N+]c1ccc(OC2CC2)cc1. The van der Waals surface area contributed by atoms with Crippen molar-refractivity contribution in [2.24, 2.45) is 0 Å². The highest BCUT2D eigenvalue weighted by Crippen LogP contribution is 2.27. The predicted molar refractivity (Wildman–Crippen MR) is 46.4 cm³/mol. The summed E-state index contributed by atoms with van der Waals surface area (Å²) >= 11 is 0. The van der Waals surface area contributed by atoms with Gasteiger partial charge in [-0.1, -0.05) is 12.1 Å². The monoisotopic (exact) mass is 159 g/mol. The lowest BCUT2D eigenvalue weighted by Gasteiger charge is -2.02. The molecule has 2 rings (SSSR count). The normalized spacial score (nSPS) is 15.2. The summed E-state index contributed by atoms with van der Waals surface area (Å²) in [6.07, 6.45) is 2.78. The van der Waals surface area contributed by atoms with Gasteiger partial charge in [0.2, 0.25) is 0 Å². The predicted octanol–water partition coefficient (Wildman–Crippen LogP) is 2.78. The quantitative estimate of drug-likeness (QED) is 0.605. The van der Waals surface area contributed by atoms with Gasteiger partial charge in [-0.15, -0.1) is 0 Å². The standard InChI is InChI=1S/C10H9NO/c1-11-8-2-4-9(5-3-8)12-10-6-7-10/h2-5,10H,6-7H2. The van der Waals surface area contributed by atoms with Crippen LogP contribution in [0.1, 0.15) is 12.8 Å². The van der Waals surface area contributed by atoms with E-state index >= 15 is 0 Å². The molecule has 0 bridgehead atoms. The van der Waals surface area contributed by atoms with Crippen LogP contribution in [0.3, 0.4) is 0 Å². The minimum atomic E-state index is 0.434. The molecule has 12 heavy (non-hydrogen) atoms. The lowest BCUT2D eigenvalue weighted by atomic mass is 10.3. The molecule has 0 amide bonds. The maximum Gasteiger partial charge on any atom is 0.187 e. The van der Waals surface area contributed by atoms with E-state index in [-0.39, 0.29) is 0 Å². The van der Waals surface area contributed by atoms with Crippen LogP contribution >= 0.6 is 0 Å². The van der Waals surface area contributed by atoms with Crippen molar-refractivity contribution in [1.82, 2.24) is 0 Å². The number of rotatable bonds is 2. The summed E-state index contributed by atoms with van der Waals surface area (Å²) in [6.45, 7) is 6.75. The molecule has 0 aliphatic heterocycles. The molecule has 0 atom stereocenters. The first-order valence-corrected chi connectivity index (χ1v) is 4.02. The second kappa shape index (κ2) is 2.86. The third-order valence-corrected chi connectivity index (χ3v) is 1.79. The Morgan fingerprint density at radius 3 is 2.42 bits per heavy atom.